The summed E-state index contributed by atoms with van der Waals surface area (Å²) in [5.41, 5.74) is 7.29. The predicted octanol–water partition coefficient (Wildman–Crippen LogP) is 3.70. The van der Waals surface area contributed by atoms with E-state index in [1.165, 1.54) is 19.3 Å². The maximum atomic E-state index is 9.67. The first-order valence-electron chi connectivity index (χ1n) is 6.85. The summed E-state index contributed by atoms with van der Waals surface area (Å²) >= 11 is 0. The minimum atomic E-state index is -3.67. The molecule has 1 saturated carbocycles. The van der Waals surface area contributed by atoms with E-state index in [2.05, 4.69) is 4.98 Å². The van der Waals surface area contributed by atoms with Crippen molar-refractivity contribution in [2.24, 2.45) is 0 Å². The van der Waals surface area contributed by atoms with Gasteiger partial charge in [-0.15, -0.1) is 0 Å². The molecule has 1 aliphatic rings. The van der Waals surface area contributed by atoms with Crippen molar-refractivity contribution in [3.8, 4) is 5.88 Å². The van der Waals surface area contributed by atoms with Gasteiger partial charge in [-0.3, -0.25) is 0 Å². The minimum Gasteiger partial charge on any atom is -0.481 e. The Hall–Kier alpha value is -1.50. The van der Waals surface area contributed by atoms with Gasteiger partial charge in [-0.1, -0.05) is 19.3 Å². The summed E-state index contributed by atoms with van der Waals surface area (Å²) in [5, 5.41) is 0. The fourth-order valence-corrected chi connectivity index (χ4v) is 2.24. The van der Waals surface area contributed by atoms with E-state index >= 15 is 0 Å². The summed E-state index contributed by atoms with van der Waals surface area (Å²) in [7, 11) is 1.61. The Morgan fingerprint density at radius 1 is 1.29 bits per heavy atom. The van der Waals surface area contributed by atoms with Crippen LogP contribution in [0.2, 0.25) is 0 Å². The molecule has 21 heavy (non-hydrogen) atoms. The molecule has 0 radical (unpaired) electrons. The maximum absolute atomic E-state index is 9.67. The number of hydrogen-bond donors (Lipinski definition) is 1. The van der Waals surface area contributed by atoms with Crippen LogP contribution in [0.3, 0.4) is 0 Å². The normalized spacial score (nSPS) is 15.5. The Morgan fingerprint density at radius 2 is 1.90 bits per heavy atom. The van der Waals surface area contributed by atoms with Gasteiger partial charge in [-0.25, -0.2) is 4.98 Å². The van der Waals surface area contributed by atoms with Gasteiger partial charge in [0.2, 0.25) is 5.88 Å². The monoisotopic (exact) mass is 306 g/mol. The molecule has 1 heterocycles. The number of halogens is 3. The van der Waals surface area contributed by atoms with E-state index in [1.807, 2.05) is 6.07 Å². The van der Waals surface area contributed by atoms with Crippen LogP contribution in [0, 0.1) is 0 Å². The van der Waals surface area contributed by atoms with Gasteiger partial charge < -0.3 is 15.2 Å². The molecule has 2 rings (SSSR count). The van der Waals surface area contributed by atoms with Crippen molar-refractivity contribution in [2.75, 3.05) is 12.8 Å². The van der Waals surface area contributed by atoms with Crippen molar-refractivity contribution in [1.29, 1.82) is 0 Å². The quantitative estimate of drug-likeness (QED) is 0.921. The highest BCUT2D eigenvalue weighted by Gasteiger charge is 2.15. The number of aromatic nitrogens is 1. The molecule has 0 unspecified atom stereocenters. The van der Waals surface area contributed by atoms with Crippen LogP contribution >= 0.6 is 0 Å². The first-order valence-corrected chi connectivity index (χ1v) is 6.85. The highest BCUT2D eigenvalue weighted by Crippen LogP contribution is 2.24. The summed E-state index contributed by atoms with van der Waals surface area (Å²) < 4.78 is 40.1. The van der Waals surface area contributed by atoms with Crippen LogP contribution in [0.25, 0.3) is 0 Å². The van der Waals surface area contributed by atoms with Gasteiger partial charge in [0.05, 0.1) is 31.7 Å². The third-order valence-electron chi connectivity index (χ3n) is 3.17. The zero-order chi connectivity index (χ0) is 15.7. The van der Waals surface area contributed by atoms with Crippen LogP contribution in [0.4, 0.5) is 18.9 Å². The van der Waals surface area contributed by atoms with Gasteiger partial charge in [0.25, 0.3) is 0 Å². The Kier molecular flexibility index (Phi) is 7.89. The lowest BCUT2D eigenvalue weighted by Gasteiger charge is -2.22. The fourth-order valence-electron chi connectivity index (χ4n) is 2.24. The lowest BCUT2D eigenvalue weighted by atomic mass is 9.98. The number of rotatable bonds is 4. The molecule has 0 aromatic carbocycles. The Bertz CT molecular complexity index is 410. The summed E-state index contributed by atoms with van der Waals surface area (Å²) in [6.07, 6.45) is 8.20. The highest BCUT2D eigenvalue weighted by molar-refractivity contribution is 5.42. The van der Waals surface area contributed by atoms with Crippen LogP contribution in [-0.2, 0) is 11.3 Å². The molecule has 7 heteroatoms. The number of nitrogens with zero attached hydrogens (tertiary/aromatic N) is 1. The second-order valence-corrected chi connectivity index (χ2v) is 4.76. The molecule has 120 valence electrons. The van der Waals surface area contributed by atoms with Crippen LogP contribution in [0.15, 0.2) is 12.3 Å². The Balaban J connectivity index is 0.000000491. The molecule has 0 bridgehead atoms. The number of hydrogen-bond acceptors (Lipinski definition) is 4. The number of alkyl halides is 3. The van der Waals surface area contributed by atoms with E-state index in [0.717, 1.165) is 18.4 Å². The highest BCUT2D eigenvalue weighted by atomic mass is 19.4. The Morgan fingerprint density at radius 3 is 2.48 bits per heavy atom. The molecule has 1 aliphatic carbocycles. The molecular weight excluding hydrogens is 285 g/mol. The van der Waals surface area contributed by atoms with Crippen molar-refractivity contribution in [1.82, 2.24) is 4.98 Å². The van der Waals surface area contributed by atoms with Gasteiger partial charge in [-0.2, -0.15) is 13.2 Å². The number of anilines is 1. The number of ether oxygens (including phenoxy) is 2. The van der Waals surface area contributed by atoms with E-state index < -0.39 is 6.68 Å². The molecular formula is C14H21F3N2O2. The van der Waals surface area contributed by atoms with Crippen molar-refractivity contribution >= 4 is 5.69 Å². The van der Waals surface area contributed by atoms with E-state index in [-0.39, 0.29) is 0 Å². The lowest BCUT2D eigenvalue weighted by molar-refractivity contribution is 0.00818. The number of pyridine rings is 1. The van der Waals surface area contributed by atoms with Crippen LogP contribution in [0.5, 0.6) is 5.88 Å². The van der Waals surface area contributed by atoms with Gasteiger partial charge in [-0.05, 0) is 18.9 Å². The molecule has 0 saturated heterocycles. The average molecular weight is 306 g/mol. The van der Waals surface area contributed by atoms with Gasteiger partial charge >= 0.3 is 6.68 Å². The topological polar surface area (TPSA) is 57.4 Å². The number of nitrogen functional groups attached to an aromatic ring is 1. The molecule has 1 aromatic rings. The SMILES string of the molecule is COc1ncc(N)cc1COC1CCCCC1.FC(F)F. The average Bonchev–Trinajstić information content (AvgIpc) is 2.46. The zero-order valence-corrected chi connectivity index (χ0v) is 12.0. The minimum absolute atomic E-state index is 0.384. The number of methoxy groups -OCH3 is 1. The van der Waals surface area contributed by atoms with E-state index in [0.29, 0.717) is 24.3 Å². The van der Waals surface area contributed by atoms with Crippen LogP contribution in [0.1, 0.15) is 37.7 Å². The molecule has 0 atom stereocenters. The smallest absolute Gasteiger partial charge is 0.379 e. The van der Waals surface area contributed by atoms with E-state index in [4.69, 9.17) is 15.2 Å². The molecule has 0 aliphatic heterocycles. The second kappa shape index (κ2) is 9.44. The first-order chi connectivity index (χ1) is 10.0. The predicted molar refractivity (Wildman–Crippen MR) is 74.0 cm³/mol. The fraction of sp³-hybridized carbons (Fsp3) is 0.643. The van der Waals surface area contributed by atoms with Crippen LogP contribution < -0.4 is 10.5 Å². The van der Waals surface area contributed by atoms with Gasteiger partial charge in [0.1, 0.15) is 0 Å². The Labute approximate surface area is 122 Å². The van der Waals surface area contributed by atoms with Gasteiger partial charge in [0, 0.05) is 5.56 Å². The van der Waals surface area contributed by atoms with Crippen molar-refractivity contribution in [2.45, 2.75) is 51.5 Å². The van der Waals surface area contributed by atoms with Crippen molar-refractivity contribution < 1.29 is 22.6 Å². The summed E-state index contributed by atoms with van der Waals surface area (Å²) in [6, 6.07) is 1.87. The van der Waals surface area contributed by atoms with Crippen molar-refractivity contribution in [3.05, 3.63) is 17.8 Å². The molecule has 1 fully saturated rings. The van der Waals surface area contributed by atoms with E-state index in [1.54, 1.807) is 13.3 Å². The summed E-state index contributed by atoms with van der Waals surface area (Å²) in [4.78, 5) is 4.13. The largest absolute Gasteiger partial charge is 0.481 e. The molecule has 1 aromatic heterocycles. The third kappa shape index (κ3) is 7.17. The third-order valence-corrected chi connectivity index (χ3v) is 3.17. The molecule has 2 N–H and O–H groups in total. The van der Waals surface area contributed by atoms with Crippen molar-refractivity contribution in [3.63, 3.8) is 0 Å². The zero-order valence-electron chi connectivity index (χ0n) is 12.0. The maximum Gasteiger partial charge on any atom is 0.379 e. The van der Waals surface area contributed by atoms with Crippen LogP contribution in [-0.4, -0.2) is 24.9 Å². The summed E-state index contributed by atoms with van der Waals surface area (Å²) in [6.45, 7) is -3.13. The lowest BCUT2D eigenvalue weighted by Crippen LogP contribution is -2.16. The van der Waals surface area contributed by atoms with Gasteiger partial charge in [0.15, 0.2) is 0 Å². The second-order valence-electron chi connectivity index (χ2n) is 4.76. The first kappa shape index (κ1) is 17.6. The standard InChI is InChI=1S/C13H20N2O2.CHF3/c1-16-13-10(7-11(14)8-15-13)9-17-12-5-3-2-4-6-12;2-1(3)4/h7-8,12H,2-6,9,14H2,1H3;1H. The molecule has 0 spiro atoms. The molecule has 0 amide bonds. The van der Waals surface area contributed by atoms with E-state index in [9.17, 15) is 13.2 Å². The molecule has 4 nitrogen and oxygen atoms in total. The summed E-state index contributed by atoms with van der Waals surface area (Å²) in [5.74, 6) is 0.606. The number of nitrogens with two attached hydrogens (primary N) is 1.